The summed E-state index contributed by atoms with van der Waals surface area (Å²) >= 11 is 0. The molecule has 1 rings (SSSR count). The maximum Gasteiger partial charge on any atom is 0.344 e. The van der Waals surface area contributed by atoms with Gasteiger partial charge in [-0.15, -0.1) is 0 Å². The summed E-state index contributed by atoms with van der Waals surface area (Å²) in [6, 6.07) is 1.17. The number of nitriles is 1. The second kappa shape index (κ2) is 5.02. The molecule has 88 valence electrons. The molecule has 0 bridgehead atoms. The first-order chi connectivity index (χ1) is 7.44. The quantitative estimate of drug-likeness (QED) is 0.669. The summed E-state index contributed by atoms with van der Waals surface area (Å²) in [5.41, 5.74) is -0.550. The Hall–Kier alpha value is -1.50. The van der Waals surface area contributed by atoms with Crippen molar-refractivity contribution in [2.24, 2.45) is 0 Å². The average molecular weight is 222 g/mol. The van der Waals surface area contributed by atoms with Crippen molar-refractivity contribution in [2.45, 2.75) is 45.3 Å². The minimum Gasteiger partial charge on any atom is -0.458 e. The van der Waals surface area contributed by atoms with Crippen LogP contribution in [0, 0.1) is 11.3 Å². The van der Waals surface area contributed by atoms with Crippen LogP contribution in [0.4, 0.5) is 0 Å². The zero-order valence-electron chi connectivity index (χ0n) is 10.1. The largest absolute Gasteiger partial charge is 0.458 e. The molecule has 0 aromatic rings. The predicted molar refractivity (Wildman–Crippen MR) is 60.3 cm³/mol. The van der Waals surface area contributed by atoms with E-state index in [0.717, 1.165) is 19.4 Å². The lowest BCUT2D eigenvalue weighted by Gasteiger charge is -2.29. The van der Waals surface area contributed by atoms with E-state index < -0.39 is 17.6 Å². The van der Waals surface area contributed by atoms with E-state index in [0.29, 0.717) is 0 Å². The van der Waals surface area contributed by atoms with Crippen LogP contribution in [0.1, 0.15) is 33.6 Å². The first-order valence-corrected chi connectivity index (χ1v) is 5.49. The van der Waals surface area contributed by atoms with Gasteiger partial charge in [0, 0.05) is 6.54 Å². The number of carbonyl (C=O) groups is 1. The molecule has 1 heterocycles. The molecule has 0 radical (unpaired) electrons. The van der Waals surface area contributed by atoms with Crippen LogP contribution in [0.2, 0.25) is 0 Å². The van der Waals surface area contributed by atoms with Crippen LogP contribution >= 0.6 is 0 Å². The molecule has 4 nitrogen and oxygen atoms in total. The van der Waals surface area contributed by atoms with Gasteiger partial charge in [-0.1, -0.05) is 6.08 Å². The molecule has 1 atom stereocenters. The predicted octanol–water partition coefficient (Wildman–Crippen LogP) is 1.83. The number of nitrogens with zero attached hydrogens (tertiary/aromatic N) is 2. The van der Waals surface area contributed by atoms with Crippen molar-refractivity contribution >= 4 is 5.97 Å². The van der Waals surface area contributed by atoms with E-state index in [-0.39, 0.29) is 0 Å². The highest BCUT2D eigenvalue weighted by molar-refractivity contribution is 5.79. The van der Waals surface area contributed by atoms with Crippen LogP contribution in [0.5, 0.6) is 0 Å². The third kappa shape index (κ3) is 3.58. The summed E-state index contributed by atoms with van der Waals surface area (Å²) in [5, 5.41) is 9.02. The van der Waals surface area contributed by atoms with Crippen LogP contribution < -0.4 is 0 Å². The fourth-order valence-electron chi connectivity index (χ4n) is 1.51. The molecule has 16 heavy (non-hydrogen) atoms. The van der Waals surface area contributed by atoms with Crippen LogP contribution in [-0.4, -0.2) is 29.1 Å². The number of allylic oxidation sites excluding steroid dienone is 1. The zero-order chi connectivity index (χ0) is 12.2. The van der Waals surface area contributed by atoms with Gasteiger partial charge in [-0.05, 0) is 39.8 Å². The Kier molecular flexibility index (Phi) is 3.94. The van der Waals surface area contributed by atoms with Gasteiger partial charge >= 0.3 is 5.97 Å². The van der Waals surface area contributed by atoms with E-state index in [1.165, 1.54) is 0 Å². The van der Waals surface area contributed by atoms with Crippen LogP contribution in [-0.2, 0) is 9.53 Å². The maximum absolute atomic E-state index is 11.8. The molecule has 0 N–H and O–H groups in total. The summed E-state index contributed by atoms with van der Waals surface area (Å²) in [5.74, 6) is -0.471. The van der Waals surface area contributed by atoms with Gasteiger partial charge in [0.2, 0.25) is 6.04 Å². The number of hydrogen-bond donors (Lipinski definition) is 0. The van der Waals surface area contributed by atoms with Crippen molar-refractivity contribution in [1.82, 2.24) is 4.90 Å². The lowest BCUT2D eigenvalue weighted by Crippen LogP contribution is -2.42. The molecule has 0 amide bonds. The van der Waals surface area contributed by atoms with Crippen LogP contribution in [0.25, 0.3) is 0 Å². The fourth-order valence-corrected chi connectivity index (χ4v) is 1.51. The molecule has 1 unspecified atom stereocenters. The molecular weight excluding hydrogens is 204 g/mol. The second-order valence-electron chi connectivity index (χ2n) is 4.83. The zero-order valence-corrected chi connectivity index (χ0v) is 10.1. The minimum absolute atomic E-state index is 0.471. The molecule has 0 fully saturated rings. The second-order valence-corrected chi connectivity index (χ2v) is 4.83. The molecule has 0 saturated carbocycles. The van der Waals surface area contributed by atoms with E-state index in [1.807, 2.05) is 12.1 Å². The molecule has 4 heteroatoms. The van der Waals surface area contributed by atoms with Gasteiger partial charge in [-0.2, -0.15) is 5.26 Å². The van der Waals surface area contributed by atoms with Gasteiger partial charge in [0.25, 0.3) is 0 Å². The van der Waals surface area contributed by atoms with Crippen molar-refractivity contribution in [3.8, 4) is 6.07 Å². The van der Waals surface area contributed by atoms with Gasteiger partial charge in [-0.25, -0.2) is 4.79 Å². The van der Waals surface area contributed by atoms with Crippen molar-refractivity contribution in [3.63, 3.8) is 0 Å². The fraction of sp³-hybridized carbons (Fsp3) is 0.667. The highest BCUT2D eigenvalue weighted by atomic mass is 16.6. The summed E-state index contributed by atoms with van der Waals surface area (Å²) in [6.45, 7) is 6.12. The Morgan fingerprint density at radius 1 is 1.56 bits per heavy atom. The molecule has 0 aliphatic carbocycles. The number of hydrogen-bond acceptors (Lipinski definition) is 4. The van der Waals surface area contributed by atoms with Crippen LogP contribution in [0.3, 0.4) is 0 Å². The molecule has 0 aromatic heterocycles. The first-order valence-electron chi connectivity index (χ1n) is 5.49. The van der Waals surface area contributed by atoms with E-state index in [1.54, 1.807) is 31.9 Å². The molecule has 1 aliphatic rings. The third-order valence-electron chi connectivity index (χ3n) is 2.17. The molecule has 0 aromatic carbocycles. The summed E-state index contributed by atoms with van der Waals surface area (Å²) in [4.78, 5) is 13.5. The van der Waals surface area contributed by atoms with Gasteiger partial charge in [0.05, 0.1) is 6.07 Å². The maximum atomic E-state index is 11.8. The Labute approximate surface area is 96.5 Å². The van der Waals surface area contributed by atoms with Crippen LogP contribution in [0.15, 0.2) is 12.3 Å². The lowest BCUT2D eigenvalue weighted by molar-refractivity contribution is -0.158. The Morgan fingerprint density at radius 2 is 2.25 bits per heavy atom. The van der Waals surface area contributed by atoms with Crippen molar-refractivity contribution in [3.05, 3.63) is 12.3 Å². The van der Waals surface area contributed by atoms with E-state index in [2.05, 4.69) is 0 Å². The van der Waals surface area contributed by atoms with E-state index in [4.69, 9.17) is 10.00 Å². The Balaban J connectivity index is 2.67. The third-order valence-corrected chi connectivity index (χ3v) is 2.17. The Morgan fingerprint density at radius 3 is 2.69 bits per heavy atom. The SMILES string of the molecule is CC(C)(C)OC(=O)C(C#N)N1C=CCCC1. The normalized spacial score (nSPS) is 17.8. The topological polar surface area (TPSA) is 53.3 Å². The molecule has 0 saturated heterocycles. The molecule has 0 spiro atoms. The van der Waals surface area contributed by atoms with Gasteiger partial charge < -0.3 is 9.64 Å². The van der Waals surface area contributed by atoms with Crippen molar-refractivity contribution in [1.29, 1.82) is 5.26 Å². The summed E-state index contributed by atoms with van der Waals surface area (Å²) < 4.78 is 5.21. The number of esters is 1. The summed E-state index contributed by atoms with van der Waals surface area (Å²) in [6.07, 6.45) is 5.75. The number of ether oxygens (including phenoxy) is 1. The molecular formula is C12H18N2O2. The van der Waals surface area contributed by atoms with Gasteiger partial charge in [0.15, 0.2) is 0 Å². The van der Waals surface area contributed by atoms with Crippen molar-refractivity contribution in [2.75, 3.05) is 6.54 Å². The number of carbonyl (C=O) groups excluding carboxylic acids is 1. The average Bonchev–Trinajstić information content (AvgIpc) is 2.17. The Bertz CT molecular complexity index is 323. The lowest BCUT2D eigenvalue weighted by atomic mass is 10.1. The smallest absolute Gasteiger partial charge is 0.344 e. The highest BCUT2D eigenvalue weighted by Gasteiger charge is 2.29. The van der Waals surface area contributed by atoms with E-state index in [9.17, 15) is 4.79 Å². The minimum atomic E-state index is -0.823. The highest BCUT2D eigenvalue weighted by Crippen LogP contribution is 2.14. The standard InChI is InChI=1S/C12H18N2O2/c1-12(2,3)16-11(15)10(9-13)14-7-5-4-6-8-14/h5,7,10H,4,6,8H2,1-3H3. The summed E-state index contributed by atoms with van der Waals surface area (Å²) in [7, 11) is 0. The van der Waals surface area contributed by atoms with E-state index >= 15 is 0 Å². The van der Waals surface area contributed by atoms with Gasteiger partial charge in [0.1, 0.15) is 5.60 Å². The first kappa shape index (κ1) is 12.6. The number of rotatable bonds is 2. The molecule has 1 aliphatic heterocycles. The monoisotopic (exact) mass is 222 g/mol. The van der Waals surface area contributed by atoms with Crippen molar-refractivity contribution < 1.29 is 9.53 Å². The van der Waals surface area contributed by atoms with Gasteiger partial charge in [-0.3, -0.25) is 0 Å².